The Bertz CT molecular complexity index is 589. The lowest BCUT2D eigenvalue weighted by Gasteiger charge is -1.98. The summed E-state index contributed by atoms with van der Waals surface area (Å²) in [4.78, 5) is 27.1. The molecular weight excluding hydrogens is 258 g/mol. The summed E-state index contributed by atoms with van der Waals surface area (Å²) in [5.74, 6) is -2.12. The SMILES string of the molecule is Cc1ncc(CNC(=O)c2cc(C(=O)O)on2)s1. The van der Waals surface area contributed by atoms with Crippen molar-refractivity contribution in [1.82, 2.24) is 15.5 Å². The Morgan fingerprint density at radius 2 is 2.33 bits per heavy atom. The van der Waals surface area contributed by atoms with Gasteiger partial charge >= 0.3 is 5.97 Å². The van der Waals surface area contributed by atoms with Crippen molar-refractivity contribution in [2.45, 2.75) is 13.5 Å². The topological polar surface area (TPSA) is 105 Å². The van der Waals surface area contributed by atoms with Gasteiger partial charge in [-0.25, -0.2) is 9.78 Å². The minimum atomic E-state index is -1.26. The Labute approximate surface area is 105 Å². The Hall–Kier alpha value is -2.22. The van der Waals surface area contributed by atoms with E-state index in [1.54, 1.807) is 6.20 Å². The van der Waals surface area contributed by atoms with Crippen LogP contribution in [0.5, 0.6) is 0 Å². The van der Waals surface area contributed by atoms with Crippen LogP contribution >= 0.6 is 11.3 Å². The third-order valence-corrected chi connectivity index (χ3v) is 2.96. The molecule has 94 valence electrons. The average molecular weight is 267 g/mol. The van der Waals surface area contributed by atoms with E-state index in [0.717, 1.165) is 16.0 Å². The number of nitrogens with zero attached hydrogens (tertiary/aromatic N) is 2. The van der Waals surface area contributed by atoms with Crippen LogP contribution in [0.4, 0.5) is 0 Å². The highest BCUT2D eigenvalue weighted by atomic mass is 32.1. The fraction of sp³-hybridized carbons (Fsp3) is 0.200. The van der Waals surface area contributed by atoms with Crippen LogP contribution in [-0.4, -0.2) is 27.1 Å². The lowest BCUT2D eigenvalue weighted by atomic mass is 10.3. The fourth-order valence-electron chi connectivity index (χ4n) is 1.23. The molecule has 0 aliphatic rings. The maximum absolute atomic E-state index is 11.6. The molecule has 0 fully saturated rings. The minimum Gasteiger partial charge on any atom is -0.475 e. The number of carboxylic acid groups (broad SMARTS) is 1. The molecule has 7 nitrogen and oxygen atoms in total. The van der Waals surface area contributed by atoms with Gasteiger partial charge in [0.2, 0.25) is 5.76 Å². The smallest absolute Gasteiger partial charge is 0.374 e. The number of hydrogen-bond donors (Lipinski definition) is 2. The van der Waals surface area contributed by atoms with Crippen molar-refractivity contribution in [2.24, 2.45) is 0 Å². The monoisotopic (exact) mass is 267 g/mol. The second-order valence-corrected chi connectivity index (χ2v) is 4.73. The second kappa shape index (κ2) is 4.96. The van der Waals surface area contributed by atoms with Crippen LogP contribution < -0.4 is 5.32 Å². The molecule has 0 saturated heterocycles. The Balaban J connectivity index is 1.97. The number of hydrogen-bond acceptors (Lipinski definition) is 6. The number of aromatic carboxylic acids is 1. The van der Waals surface area contributed by atoms with Gasteiger partial charge in [-0.05, 0) is 6.92 Å². The van der Waals surface area contributed by atoms with E-state index in [4.69, 9.17) is 5.11 Å². The highest BCUT2D eigenvalue weighted by Gasteiger charge is 2.16. The standard InChI is InChI=1S/C10H9N3O4S/c1-5-11-3-6(18-5)4-12-9(14)7-2-8(10(15)16)17-13-7/h2-3H,4H2,1H3,(H,12,14)(H,15,16). The first-order valence-corrected chi connectivity index (χ1v) is 5.77. The molecule has 2 aromatic rings. The van der Waals surface area contributed by atoms with Gasteiger partial charge in [0.1, 0.15) is 0 Å². The quantitative estimate of drug-likeness (QED) is 0.858. The van der Waals surface area contributed by atoms with Crippen molar-refractivity contribution in [2.75, 3.05) is 0 Å². The van der Waals surface area contributed by atoms with Crippen molar-refractivity contribution in [3.8, 4) is 0 Å². The highest BCUT2D eigenvalue weighted by molar-refractivity contribution is 7.11. The summed E-state index contributed by atoms with van der Waals surface area (Å²) in [5, 5.41) is 15.5. The second-order valence-electron chi connectivity index (χ2n) is 3.41. The highest BCUT2D eigenvalue weighted by Crippen LogP contribution is 2.11. The summed E-state index contributed by atoms with van der Waals surface area (Å²) in [5.41, 5.74) is -0.0614. The van der Waals surface area contributed by atoms with Crippen LogP contribution in [-0.2, 0) is 6.54 Å². The molecule has 18 heavy (non-hydrogen) atoms. The maximum atomic E-state index is 11.6. The summed E-state index contributed by atoms with van der Waals surface area (Å²) in [7, 11) is 0. The Morgan fingerprint density at radius 1 is 1.56 bits per heavy atom. The lowest BCUT2D eigenvalue weighted by Crippen LogP contribution is -2.22. The van der Waals surface area contributed by atoms with Crippen LogP contribution in [0.3, 0.4) is 0 Å². The fourth-order valence-corrected chi connectivity index (χ4v) is 1.96. The maximum Gasteiger partial charge on any atom is 0.374 e. The van der Waals surface area contributed by atoms with Crippen LogP contribution in [0.15, 0.2) is 16.8 Å². The molecule has 0 saturated carbocycles. The first-order chi connectivity index (χ1) is 8.56. The summed E-state index contributed by atoms with van der Waals surface area (Å²) in [6.45, 7) is 2.19. The van der Waals surface area contributed by atoms with Crippen molar-refractivity contribution in [3.05, 3.63) is 33.6 Å². The van der Waals surface area contributed by atoms with Crippen LogP contribution in [0.2, 0.25) is 0 Å². The third kappa shape index (κ3) is 2.72. The zero-order valence-electron chi connectivity index (χ0n) is 9.34. The lowest BCUT2D eigenvalue weighted by molar-refractivity contribution is 0.0651. The first-order valence-electron chi connectivity index (χ1n) is 4.96. The van der Waals surface area contributed by atoms with Gasteiger partial charge in [-0.15, -0.1) is 11.3 Å². The molecule has 0 spiro atoms. The first kappa shape index (κ1) is 12.2. The van der Waals surface area contributed by atoms with Gasteiger partial charge in [0.05, 0.1) is 11.6 Å². The molecule has 0 radical (unpaired) electrons. The summed E-state index contributed by atoms with van der Waals surface area (Å²) >= 11 is 1.47. The number of amides is 1. The van der Waals surface area contributed by atoms with E-state index >= 15 is 0 Å². The molecule has 8 heteroatoms. The summed E-state index contributed by atoms with van der Waals surface area (Å²) < 4.78 is 4.48. The predicted molar refractivity (Wildman–Crippen MR) is 61.5 cm³/mol. The largest absolute Gasteiger partial charge is 0.475 e. The van der Waals surface area contributed by atoms with Crippen LogP contribution in [0.1, 0.15) is 30.9 Å². The molecule has 2 aromatic heterocycles. The number of carbonyl (C=O) groups is 2. The zero-order valence-corrected chi connectivity index (χ0v) is 10.2. The molecule has 0 bridgehead atoms. The van der Waals surface area contributed by atoms with E-state index in [-0.39, 0.29) is 11.5 Å². The molecule has 0 unspecified atom stereocenters. The molecule has 0 aliphatic heterocycles. The van der Waals surface area contributed by atoms with Gasteiger partial charge in [0, 0.05) is 17.1 Å². The predicted octanol–water partition coefficient (Wildman–Crippen LogP) is 1.07. The average Bonchev–Trinajstić information content (AvgIpc) is 2.94. The normalized spacial score (nSPS) is 10.3. The van der Waals surface area contributed by atoms with Crippen molar-refractivity contribution in [1.29, 1.82) is 0 Å². The molecular formula is C10H9N3O4S. The number of nitrogens with one attached hydrogen (secondary N) is 1. The number of aromatic nitrogens is 2. The van der Waals surface area contributed by atoms with E-state index in [9.17, 15) is 9.59 Å². The number of carbonyl (C=O) groups excluding carboxylic acids is 1. The van der Waals surface area contributed by atoms with E-state index in [1.165, 1.54) is 11.3 Å². The Kier molecular flexibility index (Phi) is 3.38. The molecule has 2 N–H and O–H groups in total. The number of aryl methyl sites for hydroxylation is 1. The zero-order chi connectivity index (χ0) is 13.1. The van der Waals surface area contributed by atoms with Crippen molar-refractivity contribution < 1.29 is 19.2 Å². The molecule has 0 aromatic carbocycles. The van der Waals surface area contributed by atoms with Gasteiger partial charge in [0.15, 0.2) is 5.69 Å². The van der Waals surface area contributed by atoms with Crippen LogP contribution in [0, 0.1) is 6.92 Å². The molecule has 1 amide bonds. The Morgan fingerprint density at radius 3 is 2.89 bits per heavy atom. The van der Waals surface area contributed by atoms with Crippen molar-refractivity contribution in [3.63, 3.8) is 0 Å². The molecule has 2 rings (SSSR count). The van der Waals surface area contributed by atoms with Gasteiger partial charge in [-0.3, -0.25) is 4.79 Å². The van der Waals surface area contributed by atoms with E-state index < -0.39 is 11.9 Å². The minimum absolute atomic E-state index is 0.0614. The third-order valence-electron chi connectivity index (χ3n) is 2.05. The summed E-state index contributed by atoms with van der Waals surface area (Å²) in [6.07, 6.45) is 1.67. The van der Waals surface area contributed by atoms with Gasteiger partial charge in [-0.2, -0.15) is 0 Å². The number of rotatable bonds is 4. The van der Waals surface area contributed by atoms with Gasteiger partial charge in [0.25, 0.3) is 5.91 Å². The molecule has 0 aliphatic carbocycles. The van der Waals surface area contributed by atoms with E-state index in [2.05, 4.69) is 20.0 Å². The van der Waals surface area contributed by atoms with Crippen LogP contribution in [0.25, 0.3) is 0 Å². The van der Waals surface area contributed by atoms with Gasteiger partial charge < -0.3 is 14.9 Å². The molecule has 0 atom stereocenters. The van der Waals surface area contributed by atoms with Crippen molar-refractivity contribution >= 4 is 23.2 Å². The van der Waals surface area contributed by atoms with E-state index in [0.29, 0.717) is 6.54 Å². The van der Waals surface area contributed by atoms with E-state index in [1.807, 2.05) is 6.92 Å². The molecule has 2 heterocycles. The summed E-state index contributed by atoms with van der Waals surface area (Å²) in [6, 6.07) is 1.08. The number of carboxylic acids is 1. The number of thiazole rings is 1. The van der Waals surface area contributed by atoms with Gasteiger partial charge in [-0.1, -0.05) is 5.16 Å².